The molecule has 0 fully saturated rings. The van der Waals surface area contributed by atoms with Gasteiger partial charge in [-0.3, -0.25) is 9.59 Å². The second-order valence-corrected chi connectivity index (χ2v) is 7.60. The number of allylic oxidation sites excluding steroid dienone is 1. The molecule has 25 heavy (non-hydrogen) atoms. The first kappa shape index (κ1) is 14.8. The van der Waals surface area contributed by atoms with E-state index in [0.717, 1.165) is 35.1 Å². The fourth-order valence-corrected chi connectivity index (χ4v) is 5.01. The Labute approximate surface area is 145 Å². The monoisotopic (exact) mass is 334 g/mol. The van der Waals surface area contributed by atoms with Crippen LogP contribution in [0.4, 0.5) is 0 Å². The van der Waals surface area contributed by atoms with Gasteiger partial charge >= 0.3 is 0 Å². The smallest absolute Gasteiger partial charge is 0.229 e. The van der Waals surface area contributed by atoms with E-state index in [1.807, 2.05) is 19.1 Å². The van der Waals surface area contributed by atoms with Gasteiger partial charge in [0.25, 0.3) is 0 Å². The molecule has 126 valence electrons. The number of carbonyl (C=O) groups excluding carboxylic acids is 2. The van der Waals surface area contributed by atoms with Gasteiger partial charge in [-0.05, 0) is 42.0 Å². The van der Waals surface area contributed by atoms with Crippen LogP contribution in [0.15, 0.2) is 29.4 Å². The molecular formula is C21H18O4. The van der Waals surface area contributed by atoms with E-state index in [4.69, 9.17) is 4.42 Å². The van der Waals surface area contributed by atoms with Crippen LogP contribution in [0, 0.1) is 5.92 Å². The lowest BCUT2D eigenvalue weighted by Crippen LogP contribution is -2.51. The summed E-state index contributed by atoms with van der Waals surface area (Å²) in [4.78, 5) is 25.8. The summed E-state index contributed by atoms with van der Waals surface area (Å²) in [6.45, 7) is 7.75. The number of aliphatic hydroxyl groups excluding tert-OH is 1. The Balaban J connectivity index is 1.91. The molecule has 0 unspecified atom stereocenters. The molecule has 1 heterocycles. The maximum atomic E-state index is 13.2. The summed E-state index contributed by atoms with van der Waals surface area (Å²) in [6, 6.07) is 3.93. The highest BCUT2D eigenvalue weighted by Crippen LogP contribution is 2.53. The lowest BCUT2D eigenvalue weighted by molar-refractivity contribution is 0.0408. The molecule has 1 N–H and O–H groups in total. The van der Waals surface area contributed by atoms with E-state index in [1.54, 1.807) is 6.92 Å². The summed E-state index contributed by atoms with van der Waals surface area (Å²) >= 11 is 0. The van der Waals surface area contributed by atoms with Crippen LogP contribution in [0.5, 0.6) is 0 Å². The second-order valence-electron chi connectivity index (χ2n) is 7.60. The minimum atomic E-state index is -0.904. The van der Waals surface area contributed by atoms with Crippen LogP contribution in [-0.4, -0.2) is 22.8 Å². The third-order valence-electron chi connectivity index (χ3n) is 6.42. The molecule has 2 aromatic rings. The lowest BCUT2D eigenvalue weighted by atomic mass is 9.58. The van der Waals surface area contributed by atoms with Gasteiger partial charge in [-0.2, -0.15) is 0 Å². The van der Waals surface area contributed by atoms with Gasteiger partial charge in [-0.15, -0.1) is 0 Å². The molecule has 3 aliphatic carbocycles. The zero-order chi connectivity index (χ0) is 17.7. The number of Topliss-reactive ketones (excluding diaryl/α,β-unsaturated/α-hetero) is 1. The van der Waals surface area contributed by atoms with Crippen molar-refractivity contribution in [3.63, 3.8) is 0 Å². The van der Waals surface area contributed by atoms with Crippen LogP contribution in [0.25, 0.3) is 5.57 Å². The van der Waals surface area contributed by atoms with Crippen LogP contribution >= 0.6 is 0 Å². The van der Waals surface area contributed by atoms with Crippen molar-refractivity contribution in [2.45, 2.75) is 38.2 Å². The van der Waals surface area contributed by atoms with E-state index in [-0.39, 0.29) is 17.3 Å². The first-order valence-corrected chi connectivity index (χ1v) is 8.60. The average Bonchev–Trinajstić information content (AvgIpc) is 3.21. The number of aliphatic hydroxyl groups is 1. The summed E-state index contributed by atoms with van der Waals surface area (Å²) in [5.74, 6) is -0.696. The van der Waals surface area contributed by atoms with Gasteiger partial charge in [0.15, 0.2) is 11.5 Å². The number of hydrogen-bond donors (Lipinski definition) is 1. The van der Waals surface area contributed by atoms with Gasteiger partial charge < -0.3 is 9.52 Å². The van der Waals surface area contributed by atoms with Crippen molar-refractivity contribution in [1.29, 1.82) is 0 Å². The fourth-order valence-electron chi connectivity index (χ4n) is 5.01. The number of rotatable bonds is 0. The molecule has 3 aliphatic rings. The highest BCUT2D eigenvalue weighted by atomic mass is 16.3. The number of benzene rings is 1. The topological polar surface area (TPSA) is 67.5 Å². The van der Waals surface area contributed by atoms with Crippen LogP contribution < -0.4 is 0 Å². The normalized spacial score (nSPS) is 29.5. The van der Waals surface area contributed by atoms with Gasteiger partial charge in [0.2, 0.25) is 5.78 Å². The van der Waals surface area contributed by atoms with Crippen LogP contribution in [-0.2, 0) is 11.8 Å². The maximum Gasteiger partial charge on any atom is 0.229 e. The predicted octanol–water partition coefficient (Wildman–Crippen LogP) is 3.28. The predicted molar refractivity (Wildman–Crippen MR) is 91.9 cm³/mol. The zero-order valence-corrected chi connectivity index (χ0v) is 14.2. The van der Waals surface area contributed by atoms with Crippen molar-refractivity contribution in [2.24, 2.45) is 5.92 Å². The van der Waals surface area contributed by atoms with Crippen molar-refractivity contribution in [3.8, 4) is 0 Å². The molecule has 0 saturated carbocycles. The van der Waals surface area contributed by atoms with Gasteiger partial charge in [-0.25, -0.2) is 0 Å². The van der Waals surface area contributed by atoms with E-state index < -0.39 is 17.4 Å². The summed E-state index contributed by atoms with van der Waals surface area (Å²) in [5, 5.41) is 11.0. The molecule has 3 atom stereocenters. The van der Waals surface area contributed by atoms with Gasteiger partial charge in [0, 0.05) is 22.5 Å². The molecule has 5 rings (SSSR count). The average molecular weight is 334 g/mol. The molecule has 0 radical (unpaired) electrons. The van der Waals surface area contributed by atoms with Crippen molar-refractivity contribution < 1.29 is 19.1 Å². The highest BCUT2D eigenvalue weighted by Gasteiger charge is 2.56. The standard InChI is InChI=1S/C21H18O4/c1-9-4-5-12-11(9)6-7-14-15(12)18(23)19-16-13(8-25-19)17(22)10(2)20(24)21(14,16)3/h6-8,10,20,24H,1,4-5H2,2-3H3/t10-,20-,21-/m1/s1. The largest absolute Gasteiger partial charge is 0.460 e. The van der Waals surface area contributed by atoms with Crippen LogP contribution in [0.1, 0.15) is 69.0 Å². The third kappa shape index (κ3) is 1.48. The quantitative estimate of drug-likeness (QED) is 0.803. The summed E-state index contributed by atoms with van der Waals surface area (Å²) in [5.41, 5.74) is 4.65. The molecule has 0 saturated heterocycles. The first-order valence-electron chi connectivity index (χ1n) is 8.60. The van der Waals surface area contributed by atoms with Gasteiger partial charge in [-0.1, -0.05) is 25.6 Å². The van der Waals surface area contributed by atoms with Crippen molar-refractivity contribution in [1.82, 2.24) is 0 Å². The molecule has 1 aromatic heterocycles. The molecule has 0 aliphatic heterocycles. The second kappa shape index (κ2) is 4.38. The van der Waals surface area contributed by atoms with E-state index in [0.29, 0.717) is 16.7 Å². The van der Waals surface area contributed by atoms with E-state index in [9.17, 15) is 14.7 Å². The Morgan fingerprint density at radius 3 is 2.76 bits per heavy atom. The maximum absolute atomic E-state index is 13.2. The van der Waals surface area contributed by atoms with Crippen molar-refractivity contribution >= 4 is 17.1 Å². The fraction of sp³-hybridized carbons (Fsp3) is 0.333. The Morgan fingerprint density at radius 2 is 2.00 bits per heavy atom. The number of fused-ring (bicyclic) bond motifs is 4. The van der Waals surface area contributed by atoms with E-state index in [2.05, 4.69) is 6.58 Å². The Hall–Kier alpha value is -2.46. The molecule has 4 nitrogen and oxygen atoms in total. The molecule has 0 amide bonds. The van der Waals surface area contributed by atoms with Crippen LogP contribution in [0.3, 0.4) is 0 Å². The zero-order valence-electron chi connectivity index (χ0n) is 14.2. The Bertz CT molecular complexity index is 1010. The van der Waals surface area contributed by atoms with E-state index >= 15 is 0 Å². The molecule has 1 aromatic carbocycles. The minimum absolute atomic E-state index is 0.166. The minimum Gasteiger partial charge on any atom is -0.460 e. The number of hydrogen-bond acceptors (Lipinski definition) is 4. The Morgan fingerprint density at radius 1 is 1.24 bits per heavy atom. The summed E-state index contributed by atoms with van der Waals surface area (Å²) < 4.78 is 5.57. The van der Waals surface area contributed by atoms with Gasteiger partial charge in [0.1, 0.15) is 6.26 Å². The molecular weight excluding hydrogens is 316 g/mol. The Kier molecular flexibility index (Phi) is 2.60. The lowest BCUT2D eigenvalue weighted by Gasteiger charge is -2.44. The number of carbonyl (C=O) groups is 2. The summed E-state index contributed by atoms with van der Waals surface area (Å²) in [7, 11) is 0. The van der Waals surface area contributed by atoms with E-state index in [1.165, 1.54) is 6.26 Å². The number of ketones is 2. The molecule has 4 heteroatoms. The molecule has 0 bridgehead atoms. The van der Waals surface area contributed by atoms with Crippen LogP contribution in [0.2, 0.25) is 0 Å². The van der Waals surface area contributed by atoms with Crippen molar-refractivity contribution in [3.05, 3.63) is 64.1 Å². The number of furan rings is 1. The SMILES string of the molecule is C=C1CCc2c1ccc1c2C(=O)c2occ3c2[C@]1(C)[C@H](O)[C@H](C)C3=O. The first-order chi connectivity index (χ1) is 11.9. The van der Waals surface area contributed by atoms with Gasteiger partial charge in [0.05, 0.1) is 11.7 Å². The third-order valence-corrected chi connectivity index (χ3v) is 6.42. The van der Waals surface area contributed by atoms with Crippen molar-refractivity contribution in [2.75, 3.05) is 0 Å². The highest BCUT2D eigenvalue weighted by molar-refractivity contribution is 6.16. The molecule has 0 spiro atoms. The summed E-state index contributed by atoms with van der Waals surface area (Å²) in [6.07, 6.45) is 2.09.